The lowest BCUT2D eigenvalue weighted by atomic mass is 10.1. The van der Waals surface area contributed by atoms with Crippen LogP contribution < -0.4 is 20.1 Å². The smallest absolute Gasteiger partial charge is 0.337 e. The summed E-state index contributed by atoms with van der Waals surface area (Å²) in [5.41, 5.74) is 2.24. The minimum Gasteiger partial charge on any atom is -0.465 e. The number of para-hydroxylation sites is 1. The second-order valence-corrected chi connectivity index (χ2v) is 6.94. The third-order valence-electron chi connectivity index (χ3n) is 4.88. The van der Waals surface area contributed by atoms with Crippen LogP contribution in [0.25, 0.3) is 0 Å². The van der Waals surface area contributed by atoms with Gasteiger partial charge in [-0.05, 0) is 54.1 Å². The monoisotopic (exact) mass is 432 g/mol. The molecule has 3 aromatic rings. The maximum absolute atomic E-state index is 12.8. The standard InChI is InChI=1S/C24H20N2O6/c1-30-24(29)17-9-7-16(8-10-17)22(27)26-19-5-3-2-4-18(19)23(28)25-13-15-6-11-20-21(12-15)32-14-31-20/h2-12H,13-14H2,1H3,(H,25,28)(H,26,27). The molecule has 0 aliphatic carbocycles. The lowest BCUT2D eigenvalue weighted by molar-refractivity contribution is 0.0600. The van der Waals surface area contributed by atoms with E-state index in [1.165, 1.54) is 31.4 Å². The number of carbonyl (C=O) groups is 3. The first-order valence-electron chi connectivity index (χ1n) is 9.80. The highest BCUT2D eigenvalue weighted by atomic mass is 16.7. The molecule has 1 aliphatic heterocycles. The maximum atomic E-state index is 12.8. The number of esters is 1. The Labute approximate surface area is 184 Å². The Kier molecular flexibility index (Phi) is 6.03. The SMILES string of the molecule is COC(=O)c1ccc(C(=O)Nc2ccccc2C(=O)NCc2ccc3c(c2)OCO3)cc1. The van der Waals surface area contributed by atoms with E-state index in [4.69, 9.17) is 9.47 Å². The first-order chi connectivity index (χ1) is 15.5. The van der Waals surface area contributed by atoms with E-state index in [1.807, 2.05) is 12.1 Å². The van der Waals surface area contributed by atoms with E-state index in [2.05, 4.69) is 15.4 Å². The summed E-state index contributed by atoms with van der Waals surface area (Å²) in [6.45, 7) is 0.469. The Hall–Kier alpha value is -4.33. The molecule has 0 radical (unpaired) electrons. The number of nitrogens with one attached hydrogen (secondary N) is 2. The van der Waals surface area contributed by atoms with Crippen molar-refractivity contribution in [3.05, 3.63) is 89.0 Å². The fourth-order valence-electron chi connectivity index (χ4n) is 3.19. The van der Waals surface area contributed by atoms with Crippen molar-refractivity contribution in [2.45, 2.75) is 6.54 Å². The van der Waals surface area contributed by atoms with Crippen LogP contribution in [0.1, 0.15) is 36.6 Å². The van der Waals surface area contributed by atoms with Crippen molar-refractivity contribution in [3.8, 4) is 11.5 Å². The molecule has 2 N–H and O–H groups in total. The molecule has 0 spiro atoms. The molecule has 1 aliphatic rings. The molecule has 162 valence electrons. The second-order valence-electron chi connectivity index (χ2n) is 6.94. The van der Waals surface area contributed by atoms with Crippen molar-refractivity contribution in [1.29, 1.82) is 0 Å². The Bertz CT molecular complexity index is 1170. The van der Waals surface area contributed by atoms with Gasteiger partial charge in [-0.25, -0.2) is 4.79 Å². The van der Waals surface area contributed by atoms with E-state index in [-0.39, 0.29) is 19.2 Å². The minimum absolute atomic E-state index is 0.184. The van der Waals surface area contributed by atoms with Gasteiger partial charge < -0.3 is 24.8 Å². The zero-order chi connectivity index (χ0) is 22.5. The lowest BCUT2D eigenvalue weighted by Crippen LogP contribution is -2.24. The molecule has 3 aromatic carbocycles. The van der Waals surface area contributed by atoms with E-state index in [1.54, 1.807) is 30.3 Å². The van der Waals surface area contributed by atoms with E-state index >= 15 is 0 Å². The summed E-state index contributed by atoms with van der Waals surface area (Å²) in [7, 11) is 1.29. The number of amides is 2. The molecular formula is C24H20N2O6. The van der Waals surface area contributed by atoms with E-state index in [0.29, 0.717) is 33.9 Å². The number of hydrogen-bond acceptors (Lipinski definition) is 6. The predicted molar refractivity (Wildman–Crippen MR) is 116 cm³/mol. The summed E-state index contributed by atoms with van der Waals surface area (Å²) in [4.78, 5) is 37.0. The minimum atomic E-state index is -0.485. The molecule has 0 unspecified atom stereocenters. The molecular weight excluding hydrogens is 412 g/mol. The molecule has 8 heteroatoms. The number of hydrogen-bond donors (Lipinski definition) is 2. The average molecular weight is 432 g/mol. The Morgan fingerprint density at radius 2 is 1.59 bits per heavy atom. The van der Waals surface area contributed by atoms with Crippen LogP contribution in [-0.2, 0) is 11.3 Å². The largest absolute Gasteiger partial charge is 0.465 e. The Morgan fingerprint density at radius 3 is 2.38 bits per heavy atom. The van der Waals surface area contributed by atoms with Crippen molar-refractivity contribution in [2.75, 3.05) is 19.2 Å². The van der Waals surface area contributed by atoms with Crippen LogP contribution >= 0.6 is 0 Å². The zero-order valence-electron chi connectivity index (χ0n) is 17.2. The molecule has 0 fully saturated rings. The van der Waals surface area contributed by atoms with Gasteiger partial charge in [0.05, 0.1) is 23.9 Å². The summed E-state index contributed by atoms with van der Waals surface area (Å²) >= 11 is 0. The van der Waals surface area contributed by atoms with Crippen LogP contribution in [0, 0.1) is 0 Å². The van der Waals surface area contributed by atoms with Crippen molar-refractivity contribution >= 4 is 23.5 Å². The van der Waals surface area contributed by atoms with E-state index in [0.717, 1.165) is 5.56 Å². The number of rotatable bonds is 6. The summed E-state index contributed by atoms with van der Waals surface area (Å²) < 4.78 is 15.3. The highest BCUT2D eigenvalue weighted by molar-refractivity contribution is 6.09. The van der Waals surface area contributed by atoms with Gasteiger partial charge in [0, 0.05) is 12.1 Å². The first kappa shape index (κ1) is 20.9. The maximum Gasteiger partial charge on any atom is 0.337 e. The number of carbonyl (C=O) groups excluding carboxylic acids is 3. The molecule has 32 heavy (non-hydrogen) atoms. The van der Waals surface area contributed by atoms with Gasteiger partial charge in [0.1, 0.15) is 0 Å². The van der Waals surface area contributed by atoms with Crippen molar-refractivity contribution in [1.82, 2.24) is 5.32 Å². The highest BCUT2D eigenvalue weighted by Crippen LogP contribution is 2.32. The van der Waals surface area contributed by atoms with Crippen LogP contribution in [0.5, 0.6) is 11.5 Å². The number of benzene rings is 3. The summed E-state index contributed by atoms with van der Waals surface area (Å²) in [6, 6.07) is 18.2. The van der Waals surface area contributed by atoms with Crippen molar-refractivity contribution < 1.29 is 28.6 Å². The number of methoxy groups -OCH3 is 1. The zero-order valence-corrected chi connectivity index (χ0v) is 17.2. The molecule has 0 saturated heterocycles. The topological polar surface area (TPSA) is 103 Å². The van der Waals surface area contributed by atoms with Gasteiger partial charge in [-0.1, -0.05) is 18.2 Å². The third-order valence-corrected chi connectivity index (χ3v) is 4.88. The predicted octanol–water partition coefficient (Wildman–Crippen LogP) is 3.38. The van der Waals surface area contributed by atoms with Gasteiger partial charge in [0.2, 0.25) is 6.79 Å². The van der Waals surface area contributed by atoms with Gasteiger partial charge in [-0.2, -0.15) is 0 Å². The fraction of sp³-hybridized carbons (Fsp3) is 0.125. The van der Waals surface area contributed by atoms with Crippen LogP contribution in [0.2, 0.25) is 0 Å². The second kappa shape index (κ2) is 9.22. The van der Waals surface area contributed by atoms with Gasteiger partial charge in [0.25, 0.3) is 11.8 Å². The highest BCUT2D eigenvalue weighted by Gasteiger charge is 2.16. The van der Waals surface area contributed by atoms with E-state index < -0.39 is 11.9 Å². The molecule has 4 rings (SSSR count). The molecule has 0 saturated carbocycles. The summed E-state index contributed by atoms with van der Waals surface area (Å²) in [5, 5.41) is 5.60. The van der Waals surface area contributed by atoms with Crippen LogP contribution in [0.3, 0.4) is 0 Å². The molecule has 1 heterocycles. The molecule has 0 aromatic heterocycles. The molecule has 8 nitrogen and oxygen atoms in total. The number of fused-ring (bicyclic) bond motifs is 1. The normalized spacial score (nSPS) is 11.5. The Morgan fingerprint density at radius 1 is 0.875 bits per heavy atom. The van der Waals surface area contributed by atoms with Gasteiger partial charge in [-0.15, -0.1) is 0 Å². The van der Waals surface area contributed by atoms with Crippen LogP contribution in [-0.4, -0.2) is 31.7 Å². The van der Waals surface area contributed by atoms with Crippen molar-refractivity contribution in [3.63, 3.8) is 0 Å². The van der Waals surface area contributed by atoms with E-state index in [9.17, 15) is 14.4 Å². The van der Waals surface area contributed by atoms with Crippen LogP contribution in [0.4, 0.5) is 5.69 Å². The Balaban J connectivity index is 1.43. The molecule has 0 bridgehead atoms. The number of anilines is 1. The van der Waals surface area contributed by atoms with Gasteiger partial charge in [0.15, 0.2) is 11.5 Å². The average Bonchev–Trinajstić information content (AvgIpc) is 3.30. The van der Waals surface area contributed by atoms with Gasteiger partial charge in [-0.3, -0.25) is 9.59 Å². The lowest BCUT2D eigenvalue weighted by Gasteiger charge is -2.12. The summed E-state index contributed by atoms with van der Waals surface area (Å²) in [6.07, 6.45) is 0. The third kappa shape index (κ3) is 4.54. The quantitative estimate of drug-likeness (QED) is 0.579. The fourth-order valence-corrected chi connectivity index (χ4v) is 3.19. The summed E-state index contributed by atoms with van der Waals surface area (Å²) in [5.74, 6) is 0.0915. The first-order valence-corrected chi connectivity index (χ1v) is 9.80. The molecule has 0 atom stereocenters. The molecule has 2 amide bonds. The number of ether oxygens (including phenoxy) is 3. The van der Waals surface area contributed by atoms with Gasteiger partial charge >= 0.3 is 5.97 Å². The van der Waals surface area contributed by atoms with Crippen molar-refractivity contribution in [2.24, 2.45) is 0 Å². The van der Waals surface area contributed by atoms with Crippen LogP contribution in [0.15, 0.2) is 66.7 Å².